The second-order valence-electron chi connectivity index (χ2n) is 6.95. The topological polar surface area (TPSA) is 64.6 Å². The van der Waals surface area contributed by atoms with Crippen LogP contribution in [0.15, 0.2) is 66.7 Å². The van der Waals surface area contributed by atoms with Gasteiger partial charge in [0.25, 0.3) is 5.91 Å². The van der Waals surface area contributed by atoms with Crippen molar-refractivity contribution in [3.8, 4) is 11.5 Å². The summed E-state index contributed by atoms with van der Waals surface area (Å²) in [6, 6.07) is 19.9. The van der Waals surface area contributed by atoms with Gasteiger partial charge in [0, 0.05) is 22.4 Å². The number of hydrogen-bond acceptors (Lipinski definition) is 4. The van der Waals surface area contributed by atoms with Crippen molar-refractivity contribution < 1.29 is 19.1 Å². The van der Waals surface area contributed by atoms with Crippen LogP contribution in [0, 0.1) is 6.92 Å². The van der Waals surface area contributed by atoms with E-state index in [1.165, 1.54) is 6.92 Å². The van der Waals surface area contributed by atoms with Crippen molar-refractivity contribution in [3.63, 3.8) is 0 Å². The molecule has 0 spiro atoms. The van der Waals surface area contributed by atoms with Crippen molar-refractivity contribution in [1.29, 1.82) is 0 Å². The summed E-state index contributed by atoms with van der Waals surface area (Å²) in [6.45, 7) is 6.20. The van der Waals surface area contributed by atoms with E-state index in [2.05, 4.69) is 5.32 Å². The molecule has 0 aliphatic heterocycles. The predicted molar refractivity (Wildman–Crippen MR) is 118 cm³/mol. The number of rotatable bonds is 8. The highest BCUT2D eigenvalue weighted by Gasteiger charge is 2.12. The van der Waals surface area contributed by atoms with Gasteiger partial charge in [-0.2, -0.15) is 0 Å². The predicted octanol–water partition coefficient (Wildman–Crippen LogP) is 5.43. The molecule has 0 bridgehead atoms. The Bertz CT molecular complexity index is 1060. The van der Waals surface area contributed by atoms with E-state index in [1.54, 1.807) is 42.5 Å². The average molecular weight is 403 g/mol. The maximum Gasteiger partial charge on any atom is 0.255 e. The number of nitrogens with one attached hydrogen (secondary N) is 1. The number of Topliss-reactive ketones (excluding diaryl/α,β-unsaturated/α-hetero) is 1. The van der Waals surface area contributed by atoms with Crippen LogP contribution >= 0.6 is 0 Å². The first kappa shape index (κ1) is 21.1. The molecule has 3 aromatic rings. The molecule has 5 nitrogen and oxygen atoms in total. The van der Waals surface area contributed by atoms with Crippen LogP contribution in [0.4, 0.5) is 5.69 Å². The Morgan fingerprint density at radius 2 is 1.70 bits per heavy atom. The van der Waals surface area contributed by atoms with E-state index in [0.717, 1.165) is 16.9 Å². The first-order valence-corrected chi connectivity index (χ1v) is 9.84. The highest BCUT2D eigenvalue weighted by molar-refractivity contribution is 6.05. The van der Waals surface area contributed by atoms with Crippen molar-refractivity contribution in [1.82, 2.24) is 0 Å². The number of carbonyl (C=O) groups excluding carboxylic acids is 2. The molecule has 3 rings (SSSR count). The SMILES string of the molecule is CCOc1ccc(C(=O)Nc2cccc(C(C)=O)c2)cc1COc1cccc(C)c1. The summed E-state index contributed by atoms with van der Waals surface area (Å²) in [6.07, 6.45) is 0. The Morgan fingerprint density at radius 1 is 0.900 bits per heavy atom. The van der Waals surface area contributed by atoms with Crippen LogP contribution in [0.3, 0.4) is 0 Å². The van der Waals surface area contributed by atoms with Crippen LogP contribution in [0.2, 0.25) is 0 Å². The third kappa shape index (κ3) is 5.47. The molecular formula is C25H25NO4. The van der Waals surface area contributed by atoms with E-state index in [4.69, 9.17) is 9.47 Å². The third-order valence-electron chi connectivity index (χ3n) is 4.53. The zero-order chi connectivity index (χ0) is 21.5. The van der Waals surface area contributed by atoms with Gasteiger partial charge < -0.3 is 14.8 Å². The van der Waals surface area contributed by atoms with Gasteiger partial charge in [-0.25, -0.2) is 0 Å². The van der Waals surface area contributed by atoms with E-state index < -0.39 is 0 Å². The first-order chi connectivity index (χ1) is 14.5. The highest BCUT2D eigenvalue weighted by Crippen LogP contribution is 2.24. The number of carbonyl (C=O) groups is 2. The summed E-state index contributed by atoms with van der Waals surface area (Å²) in [5.41, 5.74) is 3.49. The lowest BCUT2D eigenvalue weighted by Gasteiger charge is -2.14. The fraction of sp³-hybridized carbons (Fsp3) is 0.200. The summed E-state index contributed by atoms with van der Waals surface area (Å²) >= 11 is 0. The summed E-state index contributed by atoms with van der Waals surface area (Å²) in [5.74, 6) is 1.12. The van der Waals surface area contributed by atoms with E-state index in [9.17, 15) is 9.59 Å². The lowest BCUT2D eigenvalue weighted by molar-refractivity contribution is 0.101. The number of benzene rings is 3. The van der Waals surface area contributed by atoms with E-state index in [1.807, 2.05) is 38.1 Å². The molecule has 0 fully saturated rings. The summed E-state index contributed by atoms with van der Waals surface area (Å²) in [4.78, 5) is 24.3. The number of aryl methyl sites for hydroxylation is 1. The maximum atomic E-state index is 12.8. The van der Waals surface area contributed by atoms with Gasteiger partial charge in [-0.05, 0) is 68.8 Å². The van der Waals surface area contributed by atoms with Crippen molar-refractivity contribution in [2.45, 2.75) is 27.4 Å². The van der Waals surface area contributed by atoms with Gasteiger partial charge in [-0.1, -0.05) is 24.3 Å². The average Bonchev–Trinajstić information content (AvgIpc) is 2.73. The Hall–Kier alpha value is -3.60. The number of ether oxygens (including phenoxy) is 2. The van der Waals surface area contributed by atoms with Crippen molar-refractivity contribution in [2.75, 3.05) is 11.9 Å². The van der Waals surface area contributed by atoms with Crippen LogP contribution in [0.1, 0.15) is 45.7 Å². The lowest BCUT2D eigenvalue weighted by atomic mass is 10.1. The Kier molecular flexibility index (Phi) is 6.86. The Balaban J connectivity index is 1.79. The summed E-state index contributed by atoms with van der Waals surface area (Å²) in [5, 5.41) is 2.84. The van der Waals surface area contributed by atoms with Gasteiger partial charge in [0.1, 0.15) is 18.1 Å². The molecule has 0 atom stereocenters. The Morgan fingerprint density at radius 3 is 2.43 bits per heavy atom. The number of amides is 1. The molecule has 1 N–H and O–H groups in total. The zero-order valence-corrected chi connectivity index (χ0v) is 17.4. The first-order valence-electron chi connectivity index (χ1n) is 9.84. The van der Waals surface area contributed by atoms with E-state index >= 15 is 0 Å². The van der Waals surface area contributed by atoms with Gasteiger partial charge in [0.15, 0.2) is 5.78 Å². The normalized spacial score (nSPS) is 10.4. The molecule has 0 aliphatic rings. The molecule has 0 aromatic heterocycles. The highest BCUT2D eigenvalue weighted by atomic mass is 16.5. The van der Waals surface area contributed by atoms with E-state index in [-0.39, 0.29) is 18.3 Å². The molecule has 154 valence electrons. The van der Waals surface area contributed by atoms with Crippen LogP contribution < -0.4 is 14.8 Å². The third-order valence-corrected chi connectivity index (χ3v) is 4.53. The van der Waals surface area contributed by atoms with Gasteiger partial charge in [0.05, 0.1) is 6.61 Å². The molecule has 0 heterocycles. The van der Waals surface area contributed by atoms with Crippen LogP contribution in [0.5, 0.6) is 11.5 Å². The second kappa shape index (κ2) is 9.74. The molecular weight excluding hydrogens is 378 g/mol. The monoisotopic (exact) mass is 403 g/mol. The van der Waals surface area contributed by atoms with E-state index in [0.29, 0.717) is 29.2 Å². The summed E-state index contributed by atoms with van der Waals surface area (Å²) < 4.78 is 11.6. The summed E-state index contributed by atoms with van der Waals surface area (Å²) in [7, 11) is 0. The fourth-order valence-corrected chi connectivity index (χ4v) is 3.02. The minimum Gasteiger partial charge on any atom is -0.493 e. The number of ketones is 1. The van der Waals surface area contributed by atoms with Crippen LogP contribution in [-0.2, 0) is 6.61 Å². The molecule has 0 aliphatic carbocycles. The lowest BCUT2D eigenvalue weighted by Crippen LogP contribution is -2.13. The van der Waals surface area contributed by atoms with Gasteiger partial charge in [-0.3, -0.25) is 9.59 Å². The molecule has 0 saturated carbocycles. The number of anilines is 1. The second-order valence-corrected chi connectivity index (χ2v) is 6.95. The maximum absolute atomic E-state index is 12.8. The largest absolute Gasteiger partial charge is 0.493 e. The van der Waals surface area contributed by atoms with Crippen molar-refractivity contribution in [3.05, 3.63) is 89.0 Å². The Labute approximate surface area is 176 Å². The van der Waals surface area contributed by atoms with Gasteiger partial charge in [0.2, 0.25) is 0 Å². The zero-order valence-electron chi connectivity index (χ0n) is 17.4. The van der Waals surface area contributed by atoms with Crippen molar-refractivity contribution in [2.24, 2.45) is 0 Å². The minimum atomic E-state index is -0.268. The van der Waals surface area contributed by atoms with Crippen molar-refractivity contribution >= 4 is 17.4 Å². The minimum absolute atomic E-state index is 0.0530. The van der Waals surface area contributed by atoms with Gasteiger partial charge in [-0.15, -0.1) is 0 Å². The molecule has 0 radical (unpaired) electrons. The van der Waals surface area contributed by atoms with Crippen LogP contribution in [0.25, 0.3) is 0 Å². The van der Waals surface area contributed by atoms with Gasteiger partial charge >= 0.3 is 0 Å². The quantitative estimate of drug-likeness (QED) is 0.510. The number of hydrogen-bond donors (Lipinski definition) is 1. The molecule has 0 unspecified atom stereocenters. The smallest absolute Gasteiger partial charge is 0.255 e. The molecule has 30 heavy (non-hydrogen) atoms. The standard InChI is InChI=1S/C25H25NO4/c1-4-29-24-12-11-20(14-21(24)16-30-23-10-5-7-17(2)13-23)25(28)26-22-9-6-8-19(15-22)18(3)27/h5-15H,4,16H2,1-3H3,(H,26,28). The molecule has 5 heteroatoms. The molecule has 1 amide bonds. The van der Waals surface area contributed by atoms with Crippen LogP contribution in [-0.4, -0.2) is 18.3 Å². The molecule has 0 saturated heterocycles. The fourth-order valence-electron chi connectivity index (χ4n) is 3.02. The molecule has 3 aromatic carbocycles.